The van der Waals surface area contributed by atoms with E-state index in [2.05, 4.69) is 27.8 Å². The molecule has 3 rings (SSSR count). The van der Waals surface area contributed by atoms with Gasteiger partial charge in [-0.2, -0.15) is 0 Å². The lowest BCUT2D eigenvalue weighted by Gasteiger charge is -2.31. The molecule has 1 atom stereocenters. The van der Waals surface area contributed by atoms with Gasteiger partial charge in [0.15, 0.2) is 0 Å². The molecule has 0 unspecified atom stereocenters. The number of piperidine rings is 1. The Balaban J connectivity index is 1.73. The van der Waals surface area contributed by atoms with Crippen molar-refractivity contribution in [2.24, 2.45) is 5.92 Å². The van der Waals surface area contributed by atoms with Crippen LogP contribution in [-0.2, 0) is 11.3 Å². The first kappa shape index (κ1) is 16.2. The van der Waals surface area contributed by atoms with Gasteiger partial charge in [0.1, 0.15) is 0 Å². The van der Waals surface area contributed by atoms with Crippen LogP contribution in [0.2, 0.25) is 0 Å². The van der Waals surface area contributed by atoms with Crippen LogP contribution < -0.4 is 5.56 Å². The number of amides is 1. The zero-order valence-electron chi connectivity index (χ0n) is 13.2. The standard InChI is InChI=1S/C17H20BrN3O2/c1-12-3-2-7-20(10-12)16(22)6-8-21-11-19-15-5-4-13(18)9-14(15)17(21)23/h4-5,9,11-12H,2-3,6-8,10H2,1H3/t12-/m0/s1. The Morgan fingerprint density at radius 3 is 3.04 bits per heavy atom. The molecule has 0 saturated carbocycles. The molecule has 23 heavy (non-hydrogen) atoms. The number of carbonyl (C=O) groups is 1. The van der Waals surface area contributed by atoms with Crippen LogP contribution in [0.25, 0.3) is 10.9 Å². The van der Waals surface area contributed by atoms with Gasteiger partial charge in [-0.15, -0.1) is 0 Å². The molecule has 1 aromatic heterocycles. The number of hydrogen-bond donors (Lipinski definition) is 0. The fourth-order valence-electron chi connectivity index (χ4n) is 3.08. The van der Waals surface area contributed by atoms with E-state index in [-0.39, 0.29) is 11.5 Å². The summed E-state index contributed by atoms with van der Waals surface area (Å²) in [4.78, 5) is 31.1. The molecular weight excluding hydrogens is 358 g/mol. The molecule has 0 bridgehead atoms. The number of benzene rings is 1. The van der Waals surface area contributed by atoms with Crippen molar-refractivity contribution in [1.29, 1.82) is 0 Å². The van der Waals surface area contributed by atoms with Gasteiger partial charge >= 0.3 is 0 Å². The molecule has 1 aromatic carbocycles. The Morgan fingerprint density at radius 1 is 1.43 bits per heavy atom. The molecule has 0 N–H and O–H groups in total. The summed E-state index contributed by atoms with van der Waals surface area (Å²) in [5.41, 5.74) is 0.571. The molecule has 6 heteroatoms. The number of hydrogen-bond acceptors (Lipinski definition) is 3. The fourth-order valence-corrected chi connectivity index (χ4v) is 3.44. The predicted molar refractivity (Wildman–Crippen MR) is 93.3 cm³/mol. The molecule has 0 radical (unpaired) electrons. The first-order valence-electron chi connectivity index (χ1n) is 7.97. The maximum absolute atomic E-state index is 12.5. The molecule has 1 saturated heterocycles. The molecule has 1 aliphatic rings. The average molecular weight is 378 g/mol. The van der Waals surface area contributed by atoms with E-state index >= 15 is 0 Å². The number of fused-ring (bicyclic) bond motifs is 1. The van der Waals surface area contributed by atoms with Crippen molar-refractivity contribution >= 4 is 32.7 Å². The SMILES string of the molecule is C[C@H]1CCCN(C(=O)CCn2cnc3ccc(Br)cc3c2=O)C1. The number of rotatable bonds is 3. The number of aromatic nitrogens is 2. The van der Waals surface area contributed by atoms with Crippen LogP contribution >= 0.6 is 15.9 Å². The van der Waals surface area contributed by atoms with Gasteiger partial charge in [-0.05, 0) is 37.0 Å². The Morgan fingerprint density at radius 2 is 2.26 bits per heavy atom. The molecule has 0 spiro atoms. The van der Waals surface area contributed by atoms with Crippen molar-refractivity contribution in [2.75, 3.05) is 13.1 Å². The van der Waals surface area contributed by atoms with Crippen LogP contribution in [0, 0.1) is 5.92 Å². The van der Waals surface area contributed by atoms with E-state index < -0.39 is 0 Å². The van der Waals surface area contributed by atoms with Crippen LogP contribution in [0.1, 0.15) is 26.2 Å². The van der Waals surface area contributed by atoms with Crippen molar-refractivity contribution < 1.29 is 4.79 Å². The fraction of sp³-hybridized carbons (Fsp3) is 0.471. The van der Waals surface area contributed by atoms with E-state index in [0.29, 0.717) is 29.8 Å². The Labute approximate surface area is 143 Å². The Kier molecular flexibility index (Phi) is 4.80. The zero-order chi connectivity index (χ0) is 16.4. The highest BCUT2D eigenvalue weighted by atomic mass is 79.9. The summed E-state index contributed by atoms with van der Waals surface area (Å²) in [5, 5.41) is 0.570. The zero-order valence-corrected chi connectivity index (χ0v) is 14.8. The number of halogens is 1. The summed E-state index contributed by atoms with van der Waals surface area (Å²) in [6.07, 6.45) is 4.13. The summed E-state index contributed by atoms with van der Waals surface area (Å²) >= 11 is 3.37. The van der Waals surface area contributed by atoms with Gasteiger partial charge in [0.2, 0.25) is 5.91 Å². The lowest BCUT2D eigenvalue weighted by molar-refractivity contribution is -0.133. The van der Waals surface area contributed by atoms with Crippen LogP contribution in [0.3, 0.4) is 0 Å². The molecule has 122 valence electrons. The van der Waals surface area contributed by atoms with Crippen LogP contribution in [0.5, 0.6) is 0 Å². The second kappa shape index (κ2) is 6.83. The van der Waals surface area contributed by atoms with Gasteiger partial charge < -0.3 is 4.90 Å². The van der Waals surface area contributed by atoms with Gasteiger partial charge in [0, 0.05) is 30.5 Å². The van der Waals surface area contributed by atoms with Crippen LogP contribution in [-0.4, -0.2) is 33.4 Å². The monoisotopic (exact) mass is 377 g/mol. The topological polar surface area (TPSA) is 55.2 Å². The second-order valence-corrected chi connectivity index (χ2v) is 7.16. The maximum atomic E-state index is 12.5. The van der Waals surface area contributed by atoms with Crippen molar-refractivity contribution in [2.45, 2.75) is 32.7 Å². The minimum absolute atomic E-state index is 0.101. The molecule has 1 amide bonds. The van der Waals surface area contributed by atoms with Crippen LogP contribution in [0.4, 0.5) is 0 Å². The quantitative estimate of drug-likeness (QED) is 0.826. The largest absolute Gasteiger partial charge is 0.342 e. The third kappa shape index (κ3) is 3.63. The number of aryl methyl sites for hydroxylation is 1. The smallest absolute Gasteiger partial charge is 0.261 e. The molecule has 2 heterocycles. The highest BCUT2D eigenvalue weighted by Crippen LogP contribution is 2.17. The third-order valence-electron chi connectivity index (χ3n) is 4.36. The summed E-state index contributed by atoms with van der Waals surface area (Å²) < 4.78 is 2.38. The van der Waals surface area contributed by atoms with Gasteiger partial charge in [0.05, 0.1) is 17.2 Å². The number of nitrogens with zero attached hydrogens (tertiary/aromatic N) is 3. The van der Waals surface area contributed by atoms with E-state index in [9.17, 15) is 9.59 Å². The van der Waals surface area contributed by atoms with E-state index in [4.69, 9.17) is 0 Å². The summed E-state index contributed by atoms with van der Waals surface area (Å²) in [5.74, 6) is 0.688. The molecule has 1 fully saturated rings. The molecule has 2 aromatic rings. The second-order valence-electron chi connectivity index (χ2n) is 6.24. The Hall–Kier alpha value is -1.69. The van der Waals surface area contributed by atoms with Crippen molar-refractivity contribution in [3.8, 4) is 0 Å². The minimum atomic E-state index is -0.101. The van der Waals surface area contributed by atoms with Gasteiger partial charge in [-0.3, -0.25) is 14.2 Å². The lowest BCUT2D eigenvalue weighted by atomic mass is 10.00. The summed E-state index contributed by atoms with van der Waals surface area (Å²) in [7, 11) is 0. The lowest BCUT2D eigenvalue weighted by Crippen LogP contribution is -2.39. The molecule has 5 nitrogen and oxygen atoms in total. The van der Waals surface area contributed by atoms with Crippen molar-refractivity contribution in [3.63, 3.8) is 0 Å². The van der Waals surface area contributed by atoms with Gasteiger partial charge in [-0.25, -0.2) is 4.98 Å². The van der Waals surface area contributed by atoms with E-state index in [1.54, 1.807) is 6.07 Å². The molecule has 0 aliphatic carbocycles. The first-order chi connectivity index (χ1) is 11.0. The van der Waals surface area contributed by atoms with Gasteiger partial charge in [0.25, 0.3) is 5.56 Å². The first-order valence-corrected chi connectivity index (χ1v) is 8.76. The van der Waals surface area contributed by atoms with E-state index in [1.165, 1.54) is 17.3 Å². The van der Waals surface area contributed by atoms with E-state index in [1.807, 2.05) is 17.0 Å². The maximum Gasteiger partial charge on any atom is 0.261 e. The summed E-state index contributed by atoms with van der Waals surface area (Å²) in [6, 6.07) is 5.45. The van der Waals surface area contributed by atoms with E-state index in [0.717, 1.165) is 24.0 Å². The molecular formula is C17H20BrN3O2. The third-order valence-corrected chi connectivity index (χ3v) is 4.86. The van der Waals surface area contributed by atoms with Crippen LogP contribution in [0.15, 0.2) is 33.8 Å². The average Bonchev–Trinajstić information content (AvgIpc) is 2.54. The predicted octanol–water partition coefficient (Wildman–Crippen LogP) is 2.81. The minimum Gasteiger partial charge on any atom is -0.342 e. The number of likely N-dealkylation sites (tertiary alicyclic amines) is 1. The van der Waals surface area contributed by atoms with Gasteiger partial charge in [-0.1, -0.05) is 22.9 Å². The Bertz CT molecular complexity index is 787. The highest BCUT2D eigenvalue weighted by molar-refractivity contribution is 9.10. The normalized spacial score (nSPS) is 18.3. The highest BCUT2D eigenvalue weighted by Gasteiger charge is 2.20. The number of carbonyl (C=O) groups excluding carboxylic acids is 1. The summed E-state index contributed by atoms with van der Waals surface area (Å²) in [6.45, 7) is 4.21. The van der Waals surface area contributed by atoms with Crippen molar-refractivity contribution in [1.82, 2.24) is 14.5 Å². The van der Waals surface area contributed by atoms with Crippen molar-refractivity contribution in [3.05, 3.63) is 39.4 Å². The molecule has 1 aliphatic heterocycles.